The molecule has 1 atom stereocenters. The van der Waals surface area contributed by atoms with Gasteiger partial charge in [-0.1, -0.05) is 89.5 Å². The number of hydrogen-bond donors (Lipinski definition) is 1. The van der Waals surface area contributed by atoms with Crippen molar-refractivity contribution < 1.29 is 23.8 Å². The van der Waals surface area contributed by atoms with E-state index < -0.39 is 17.9 Å². The van der Waals surface area contributed by atoms with Gasteiger partial charge < -0.3 is 19.5 Å². The number of esters is 2. The van der Waals surface area contributed by atoms with Crippen LogP contribution in [0, 0.1) is 11.3 Å². The lowest BCUT2D eigenvalue weighted by Crippen LogP contribution is -2.35. The van der Waals surface area contributed by atoms with Crippen molar-refractivity contribution >= 4 is 23.5 Å². The van der Waals surface area contributed by atoms with Crippen molar-refractivity contribution in [2.45, 2.75) is 31.6 Å². The highest BCUT2D eigenvalue weighted by Gasteiger charge is 2.39. The number of azide groups is 1. The third kappa shape index (κ3) is 8.99. The first-order valence-corrected chi connectivity index (χ1v) is 15.2. The number of hydrogen-bond acceptors (Lipinski definition) is 8. The quantitative estimate of drug-likeness (QED) is 0.0613. The van der Waals surface area contributed by atoms with Crippen LogP contribution in [0.4, 0.5) is 0 Å². The minimum atomic E-state index is -0.906. The summed E-state index contributed by atoms with van der Waals surface area (Å²) in [4.78, 5) is 30.3. The van der Waals surface area contributed by atoms with E-state index in [1.807, 2.05) is 66.7 Å². The van der Waals surface area contributed by atoms with Crippen LogP contribution in [-0.4, -0.2) is 44.9 Å². The molecule has 1 aliphatic rings. The molecule has 1 heterocycles. The Kier molecular flexibility index (Phi) is 12.8. The summed E-state index contributed by atoms with van der Waals surface area (Å²) >= 11 is 6.38. The molecule has 1 unspecified atom stereocenters. The first kappa shape index (κ1) is 33.8. The van der Waals surface area contributed by atoms with E-state index in [0.29, 0.717) is 28.4 Å². The minimum absolute atomic E-state index is 0.0197. The smallest absolute Gasteiger partial charge is 0.336 e. The topological polar surface area (TPSA) is 146 Å². The normalized spacial score (nSPS) is 14.3. The van der Waals surface area contributed by atoms with Gasteiger partial charge in [0, 0.05) is 28.1 Å². The Bertz CT molecular complexity index is 1620. The van der Waals surface area contributed by atoms with E-state index in [9.17, 15) is 9.59 Å². The molecule has 3 aromatic rings. The molecule has 4 rings (SSSR count). The van der Waals surface area contributed by atoms with Crippen LogP contribution in [-0.2, 0) is 23.8 Å². The van der Waals surface area contributed by atoms with Crippen LogP contribution in [0.15, 0.2) is 113 Å². The SMILES string of the molecule is CC1=C(C(=O)OCCC#N)C(c2cccc(Cl)c2)C(C(=O)OCCC(c2ccccc2)c2ccccc2)=C(COCCN=[N+]=[N-])N1. The highest BCUT2D eigenvalue weighted by Crippen LogP contribution is 2.40. The number of carbonyl (C=O) groups is 2. The van der Waals surface area contributed by atoms with Crippen molar-refractivity contribution in [2.75, 3.05) is 33.0 Å². The predicted octanol–water partition coefficient (Wildman–Crippen LogP) is 7.10. The Labute approximate surface area is 272 Å². The summed E-state index contributed by atoms with van der Waals surface area (Å²) in [7, 11) is 0. The lowest BCUT2D eigenvalue weighted by atomic mass is 9.80. The molecule has 0 saturated heterocycles. The molecule has 0 amide bonds. The zero-order valence-corrected chi connectivity index (χ0v) is 26.2. The van der Waals surface area contributed by atoms with Gasteiger partial charge in [0.2, 0.25) is 0 Å². The fourth-order valence-corrected chi connectivity index (χ4v) is 5.58. The Balaban J connectivity index is 1.68. The van der Waals surface area contributed by atoms with Crippen molar-refractivity contribution in [2.24, 2.45) is 5.11 Å². The Hall–Kier alpha value is -5.07. The lowest BCUT2D eigenvalue weighted by molar-refractivity contribution is -0.140. The van der Waals surface area contributed by atoms with Crippen LogP contribution in [0.2, 0.25) is 5.02 Å². The summed E-state index contributed by atoms with van der Waals surface area (Å²) in [5.74, 6) is -2.24. The fourth-order valence-electron chi connectivity index (χ4n) is 5.38. The van der Waals surface area contributed by atoms with Crippen molar-refractivity contribution in [3.05, 3.63) is 140 Å². The van der Waals surface area contributed by atoms with Gasteiger partial charge in [-0.05, 0) is 47.7 Å². The number of nitrogens with zero attached hydrogens (tertiary/aromatic N) is 4. The van der Waals surface area contributed by atoms with Gasteiger partial charge in [0.25, 0.3) is 0 Å². The summed E-state index contributed by atoms with van der Waals surface area (Å²) in [6, 6.07) is 28.9. The summed E-state index contributed by atoms with van der Waals surface area (Å²) in [5.41, 5.74) is 12.6. The number of halogens is 1. The predicted molar refractivity (Wildman–Crippen MR) is 173 cm³/mol. The molecule has 46 heavy (non-hydrogen) atoms. The van der Waals surface area contributed by atoms with E-state index in [1.54, 1.807) is 31.2 Å². The molecule has 0 fully saturated rings. The molecular formula is C35H34ClN5O5. The molecule has 1 aliphatic heterocycles. The van der Waals surface area contributed by atoms with Crippen LogP contribution in [0.5, 0.6) is 0 Å². The highest BCUT2D eigenvalue weighted by molar-refractivity contribution is 6.30. The van der Waals surface area contributed by atoms with Crippen LogP contribution >= 0.6 is 11.6 Å². The monoisotopic (exact) mass is 639 g/mol. The summed E-state index contributed by atoms with van der Waals surface area (Å²) < 4.78 is 17.1. The number of nitrogens with one attached hydrogen (secondary N) is 1. The van der Waals surface area contributed by atoms with Gasteiger partial charge in [-0.2, -0.15) is 5.26 Å². The third-order valence-electron chi connectivity index (χ3n) is 7.40. The van der Waals surface area contributed by atoms with Gasteiger partial charge in [-0.3, -0.25) is 0 Å². The van der Waals surface area contributed by atoms with Gasteiger partial charge in [0.1, 0.15) is 6.61 Å². The first-order valence-electron chi connectivity index (χ1n) is 14.8. The maximum Gasteiger partial charge on any atom is 0.336 e. The van der Waals surface area contributed by atoms with Crippen LogP contribution < -0.4 is 5.32 Å². The van der Waals surface area contributed by atoms with Crippen LogP contribution in [0.3, 0.4) is 0 Å². The van der Waals surface area contributed by atoms with E-state index >= 15 is 0 Å². The second-order valence-electron chi connectivity index (χ2n) is 10.4. The zero-order chi connectivity index (χ0) is 32.7. The maximum atomic E-state index is 14.1. The fraction of sp³-hybridized carbons (Fsp3) is 0.286. The largest absolute Gasteiger partial charge is 0.462 e. The summed E-state index contributed by atoms with van der Waals surface area (Å²) in [5, 5.41) is 16.0. The zero-order valence-electron chi connectivity index (χ0n) is 25.4. The van der Waals surface area contributed by atoms with Crippen molar-refractivity contribution in [3.63, 3.8) is 0 Å². The van der Waals surface area contributed by atoms with Crippen molar-refractivity contribution in [1.29, 1.82) is 5.26 Å². The van der Waals surface area contributed by atoms with E-state index in [2.05, 4.69) is 15.3 Å². The summed E-state index contributed by atoms with van der Waals surface area (Å²) in [6.45, 7) is 1.86. The van der Waals surface area contributed by atoms with Gasteiger partial charge in [0.15, 0.2) is 0 Å². The highest BCUT2D eigenvalue weighted by atomic mass is 35.5. The summed E-state index contributed by atoms with van der Waals surface area (Å²) in [6.07, 6.45) is 0.532. The van der Waals surface area contributed by atoms with Crippen molar-refractivity contribution in [1.82, 2.24) is 5.32 Å². The number of allylic oxidation sites excluding steroid dienone is 1. The molecule has 1 N–H and O–H groups in total. The van der Waals surface area contributed by atoms with E-state index in [1.165, 1.54) is 0 Å². The number of benzene rings is 3. The molecule has 0 bridgehead atoms. The second-order valence-corrected chi connectivity index (χ2v) is 10.8. The molecule has 0 aromatic heterocycles. The molecule has 0 spiro atoms. The van der Waals surface area contributed by atoms with E-state index in [4.69, 9.17) is 36.6 Å². The standard InChI is InChI=1S/C35H34ClN5O5/c1-24-31(34(42)45-19-9-17-37)32(27-14-8-15-28(36)22-27)33(30(40-24)23-44-21-18-39-41-38)35(43)46-20-16-29(25-10-4-2-5-11-25)26-12-6-3-7-13-26/h2-8,10-15,22,29,32,40H,9,16,18-21,23H2,1H3. The molecule has 0 aliphatic carbocycles. The van der Waals surface area contributed by atoms with Gasteiger partial charge in [0.05, 0.1) is 55.1 Å². The average Bonchev–Trinajstić information content (AvgIpc) is 3.07. The second kappa shape index (κ2) is 17.4. The Morgan fingerprint density at radius 1 is 0.957 bits per heavy atom. The molecule has 3 aromatic carbocycles. The van der Waals surface area contributed by atoms with Gasteiger partial charge in [-0.25, -0.2) is 9.59 Å². The number of rotatable bonds is 15. The van der Waals surface area contributed by atoms with Gasteiger partial charge in [-0.15, -0.1) is 0 Å². The number of nitriles is 1. The molecule has 0 radical (unpaired) electrons. The molecular weight excluding hydrogens is 606 g/mol. The number of dihydropyridines is 1. The minimum Gasteiger partial charge on any atom is -0.462 e. The maximum absolute atomic E-state index is 14.1. The molecule has 10 nitrogen and oxygen atoms in total. The number of ether oxygens (including phenoxy) is 3. The van der Waals surface area contributed by atoms with E-state index in [0.717, 1.165) is 11.1 Å². The molecule has 0 saturated carbocycles. The Morgan fingerprint density at radius 3 is 2.24 bits per heavy atom. The van der Waals surface area contributed by atoms with Gasteiger partial charge >= 0.3 is 11.9 Å². The molecule has 11 heteroatoms. The first-order chi connectivity index (χ1) is 22.4. The van der Waals surface area contributed by atoms with E-state index in [-0.39, 0.29) is 56.5 Å². The van der Waals surface area contributed by atoms with Crippen LogP contribution in [0.1, 0.15) is 48.3 Å². The lowest BCUT2D eigenvalue weighted by Gasteiger charge is -2.31. The average molecular weight is 640 g/mol. The number of carbonyl (C=O) groups excluding carboxylic acids is 2. The van der Waals surface area contributed by atoms with Crippen molar-refractivity contribution in [3.8, 4) is 6.07 Å². The Morgan fingerprint density at radius 2 is 1.61 bits per heavy atom. The molecule has 236 valence electrons. The third-order valence-corrected chi connectivity index (χ3v) is 7.64. The van der Waals surface area contributed by atoms with Crippen LogP contribution in [0.25, 0.3) is 10.4 Å².